The number of nitrogens with one attached hydrogen (secondary N) is 1. The third kappa shape index (κ3) is 3.92. The Bertz CT molecular complexity index is 753. The summed E-state index contributed by atoms with van der Waals surface area (Å²) in [6.45, 7) is 1.34. The summed E-state index contributed by atoms with van der Waals surface area (Å²) in [4.78, 5) is 10.0. The Labute approximate surface area is 143 Å². The average molecular weight is 374 g/mol. The average Bonchev–Trinajstić information content (AvgIpc) is 3.01. The van der Waals surface area contributed by atoms with Crippen LogP contribution in [-0.4, -0.2) is 37.5 Å². The third-order valence-electron chi connectivity index (χ3n) is 3.60. The van der Waals surface area contributed by atoms with Crippen molar-refractivity contribution < 1.29 is 8.42 Å². The van der Waals surface area contributed by atoms with Crippen molar-refractivity contribution in [3.8, 4) is 0 Å². The first-order chi connectivity index (χ1) is 10.9. The minimum atomic E-state index is -3.43. The topological polar surface area (TPSA) is 101 Å². The van der Waals surface area contributed by atoms with Crippen molar-refractivity contribution >= 4 is 44.7 Å². The van der Waals surface area contributed by atoms with Gasteiger partial charge in [-0.05, 0) is 24.3 Å². The molecule has 23 heavy (non-hydrogen) atoms. The number of thiophene rings is 1. The number of nitrogens with zero attached hydrogens (tertiary/aromatic N) is 3. The predicted molar refractivity (Wildman–Crippen MR) is 91.3 cm³/mol. The first kappa shape index (κ1) is 16.4. The van der Waals surface area contributed by atoms with Gasteiger partial charge in [-0.25, -0.2) is 18.1 Å². The Balaban J connectivity index is 1.62. The fourth-order valence-electron chi connectivity index (χ4n) is 2.51. The largest absolute Gasteiger partial charge is 0.368 e. The van der Waals surface area contributed by atoms with Crippen molar-refractivity contribution in [2.45, 2.75) is 23.1 Å². The van der Waals surface area contributed by atoms with E-state index in [1.807, 2.05) is 4.90 Å². The molecular weight excluding hydrogens is 358 g/mol. The first-order valence-corrected chi connectivity index (χ1v) is 9.79. The molecule has 0 amide bonds. The molecule has 0 bridgehead atoms. The van der Waals surface area contributed by atoms with E-state index in [9.17, 15) is 8.42 Å². The monoisotopic (exact) mass is 373 g/mol. The van der Waals surface area contributed by atoms with Gasteiger partial charge in [-0.3, -0.25) is 0 Å². The van der Waals surface area contributed by atoms with Crippen LogP contribution in [0, 0.1) is 0 Å². The van der Waals surface area contributed by atoms with E-state index in [0.717, 1.165) is 0 Å². The molecule has 1 saturated heterocycles. The number of rotatable bonds is 4. The first-order valence-electron chi connectivity index (χ1n) is 7.05. The fourth-order valence-corrected chi connectivity index (χ4v) is 5.00. The van der Waals surface area contributed by atoms with Crippen LogP contribution in [-0.2, 0) is 10.0 Å². The van der Waals surface area contributed by atoms with Crippen molar-refractivity contribution in [1.29, 1.82) is 0 Å². The minimum absolute atomic E-state index is 0.0898. The molecule has 2 aromatic rings. The lowest BCUT2D eigenvalue weighted by atomic mass is 10.1. The minimum Gasteiger partial charge on any atom is -0.368 e. The molecule has 0 aliphatic carbocycles. The molecule has 1 aliphatic heterocycles. The Morgan fingerprint density at radius 3 is 2.70 bits per heavy atom. The van der Waals surface area contributed by atoms with Gasteiger partial charge in [0.15, 0.2) is 0 Å². The summed E-state index contributed by atoms with van der Waals surface area (Å²) < 4.78 is 27.6. The van der Waals surface area contributed by atoms with Gasteiger partial charge in [-0.1, -0.05) is 17.7 Å². The number of nitrogen functional groups attached to an aromatic ring is 1. The van der Waals surface area contributed by atoms with Crippen LogP contribution in [0.5, 0.6) is 0 Å². The summed E-state index contributed by atoms with van der Waals surface area (Å²) in [6, 6.07) is 4.90. The fraction of sp³-hybridized carbons (Fsp3) is 0.385. The van der Waals surface area contributed by atoms with Crippen LogP contribution in [0.1, 0.15) is 12.8 Å². The van der Waals surface area contributed by atoms with E-state index in [2.05, 4.69) is 14.7 Å². The molecule has 3 N–H and O–H groups in total. The second kappa shape index (κ2) is 6.60. The maximum Gasteiger partial charge on any atom is 0.250 e. The van der Waals surface area contributed by atoms with Gasteiger partial charge in [0.2, 0.25) is 16.0 Å². The molecule has 0 atom stereocenters. The number of hydrogen-bond acceptors (Lipinski definition) is 7. The van der Waals surface area contributed by atoms with Gasteiger partial charge in [-0.2, -0.15) is 4.98 Å². The molecule has 3 rings (SSSR count). The number of halogens is 1. The maximum absolute atomic E-state index is 12.2. The van der Waals surface area contributed by atoms with E-state index >= 15 is 0 Å². The molecule has 1 aliphatic rings. The number of aromatic nitrogens is 2. The zero-order chi connectivity index (χ0) is 16.4. The number of anilines is 2. The molecule has 124 valence electrons. The van der Waals surface area contributed by atoms with E-state index in [0.29, 0.717) is 41.1 Å². The van der Waals surface area contributed by atoms with Gasteiger partial charge in [0.1, 0.15) is 15.2 Å². The quantitative estimate of drug-likeness (QED) is 0.791. The van der Waals surface area contributed by atoms with Gasteiger partial charge in [0.05, 0.1) is 0 Å². The lowest BCUT2D eigenvalue weighted by Crippen LogP contribution is -2.44. The van der Waals surface area contributed by atoms with Crippen LogP contribution >= 0.6 is 22.9 Å². The predicted octanol–water partition coefficient (Wildman–Crippen LogP) is 1.72. The lowest BCUT2D eigenvalue weighted by Gasteiger charge is -2.32. The van der Waals surface area contributed by atoms with Crippen LogP contribution < -0.4 is 15.4 Å². The smallest absolute Gasteiger partial charge is 0.250 e. The highest BCUT2D eigenvalue weighted by Crippen LogP contribution is 2.23. The van der Waals surface area contributed by atoms with Crippen LogP contribution in [0.25, 0.3) is 0 Å². The Morgan fingerprint density at radius 1 is 1.35 bits per heavy atom. The standard InChI is InChI=1S/C13H16ClN5O2S2/c14-10-8-11(17-13(15)16-10)19-5-3-9(4-6-19)18-23(20,21)12-2-1-7-22-12/h1-2,7-9,18H,3-6H2,(H2,15,16,17). The SMILES string of the molecule is Nc1nc(Cl)cc(N2CCC(NS(=O)(=O)c3cccs3)CC2)n1. The van der Waals surface area contributed by atoms with Gasteiger partial charge < -0.3 is 10.6 Å². The number of sulfonamides is 1. The van der Waals surface area contributed by atoms with E-state index in [4.69, 9.17) is 17.3 Å². The number of piperidine rings is 1. The second-order valence-electron chi connectivity index (χ2n) is 5.22. The zero-order valence-electron chi connectivity index (χ0n) is 12.1. The molecule has 10 heteroatoms. The molecule has 3 heterocycles. The van der Waals surface area contributed by atoms with Gasteiger partial charge in [0, 0.05) is 25.2 Å². The molecule has 1 fully saturated rings. The van der Waals surface area contributed by atoms with E-state index in [1.54, 1.807) is 23.6 Å². The van der Waals surface area contributed by atoms with E-state index < -0.39 is 10.0 Å². The highest BCUT2D eigenvalue weighted by Gasteiger charge is 2.26. The van der Waals surface area contributed by atoms with Crippen LogP contribution in [0.4, 0.5) is 11.8 Å². The summed E-state index contributed by atoms with van der Waals surface area (Å²) in [5.41, 5.74) is 5.61. The van der Waals surface area contributed by atoms with Gasteiger partial charge >= 0.3 is 0 Å². The maximum atomic E-state index is 12.2. The highest BCUT2D eigenvalue weighted by atomic mass is 35.5. The van der Waals surface area contributed by atoms with Crippen molar-refractivity contribution in [1.82, 2.24) is 14.7 Å². The number of hydrogen-bond donors (Lipinski definition) is 2. The van der Waals surface area contributed by atoms with Crippen molar-refractivity contribution in [2.24, 2.45) is 0 Å². The van der Waals surface area contributed by atoms with E-state index in [-0.39, 0.29) is 12.0 Å². The molecular formula is C13H16ClN5O2S2. The molecule has 0 aromatic carbocycles. The molecule has 7 nitrogen and oxygen atoms in total. The van der Waals surface area contributed by atoms with Crippen molar-refractivity contribution in [2.75, 3.05) is 23.7 Å². The van der Waals surface area contributed by atoms with Crippen molar-refractivity contribution in [3.63, 3.8) is 0 Å². The van der Waals surface area contributed by atoms with Crippen LogP contribution in [0.2, 0.25) is 5.15 Å². The summed E-state index contributed by atoms with van der Waals surface area (Å²) in [5, 5.41) is 2.05. The summed E-state index contributed by atoms with van der Waals surface area (Å²) in [6.07, 6.45) is 1.37. The summed E-state index contributed by atoms with van der Waals surface area (Å²) in [7, 11) is -3.43. The molecule has 0 spiro atoms. The summed E-state index contributed by atoms with van der Waals surface area (Å²) >= 11 is 7.11. The highest BCUT2D eigenvalue weighted by molar-refractivity contribution is 7.91. The third-order valence-corrected chi connectivity index (χ3v) is 6.71. The Hall–Kier alpha value is -1.42. The van der Waals surface area contributed by atoms with Gasteiger partial charge in [-0.15, -0.1) is 11.3 Å². The van der Waals surface area contributed by atoms with Crippen LogP contribution in [0.3, 0.4) is 0 Å². The number of nitrogens with two attached hydrogens (primary N) is 1. The molecule has 2 aromatic heterocycles. The van der Waals surface area contributed by atoms with E-state index in [1.165, 1.54) is 11.3 Å². The Morgan fingerprint density at radius 2 is 2.09 bits per heavy atom. The zero-order valence-corrected chi connectivity index (χ0v) is 14.5. The molecule has 0 radical (unpaired) electrons. The van der Waals surface area contributed by atoms with Gasteiger partial charge in [0.25, 0.3) is 0 Å². The van der Waals surface area contributed by atoms with Crippen LogP contribution in [0.15, 0.2) is 27.8 Å². The molecule has 0 saturated carbocycles. The van der Waals surface area contributed by atoms with Crippen molar-refractivity contribution in [3.05, 3.63) is 28.7 Å². The summed E-state index contributed by atoms with van der Waals surface area (Å²) in [5.74, 6) is 0.801. The Kier molecular flexibility index (Phi) is 4.72. The normalized spacial score (nSPS) is 16.7. The molecule has 0 unspecified atom stereocenters. The second-order valence-corrected chi connectivity index (χ2v) is 8.50. The lowest BCUT2D eigenvalue weighted by molar-refractivity contribution is 0.459.